The Labute approximate surface area is 167 Å². The summed E-state index contributed by atoms with van der Waals surface area (Å²) in [7, 11) is 0. The number of aliphatic hydroxyl groups is 1. The molecule has 1 aliphatic rings. The lowest BCUT2D eigenvalue weighted by molar-refractivity contribution is 0.0581. The summed E-state index contributed by atoms with van der Waals surface area (Å²) in [4.78, 5) is 2.49. The van der Waals surface area contributed by atoms with E-state index >= 15 is 0 Å². The Balaban J connectivity index is 2.03. The fourth-order valence-corrected chi connectivity index (χ4v) is 4.76. The van der Waals surface area contributed by atoms with Crippen LogP contribution in [0.15, 0.2) is 104 Å². The first-order valence-electron chi connectivity index (χ1n) is 10.0. The van der Waals surface area contributed by atoms with Gasteiger partial charge in [-0.25, -0.2) is 0 Å². The summed E-state index contributed by atoms with van der Waals surface area (Å²) in [6.07, 6.45) is 3.14. The van der Waals surface area contributed by atoms with Gasteiger partial charge in [-0.2, -0.15) is 0 Å². The standard InChI is InChI=1S/C26H27NO/c1-2-25(28)24-19-12-20-27(24)26(21-13-6-3-7-14-21,22-15-8-4-9-16-22)23-17-10-5-11-18-23/h2-11,13-18,24-25,28H,1,12,19-20H2/t24-,25?/m0/s1. The molecule has 3 aromatic carbocycles. The average Bonchev–Trinajstić information content (AvgIpc) is 3.26. The monoisotopic (exact) mass is 369 g/mol. The van der Waals surface area contributed by atoms with E-state index in [0.717, 1.165) is 19.4 Å². The predicted octanol–water partition coefficient (Wildman–Crippen LogP) is 4.99. The summed E-state index contributed by atoms with van der Waals surface area (Å²) in [6.45, 7) is 4.79. The maximum Gasteiger partial charge on any atom is 0.0976 e. The van der Waals surface area contributed by atoms with Gasteiger partial charge in [0.2, 0.25) is 0 Å². The fraction of sp³-hybridized carbons (Fsp3) is 0.231. The third-order valence-electron chi connectivity index (χ3n) is 5.94. The molecule has 1 saturated heterocycles. The maximum atomic E-state index is 10.8. The molecular formula is C26H27NO. The van der Waals surface area contributed by atoms with E-state index in [-0.39, 0.29) is 6.04 Å². The predicted molar refractivity (Wildman–Crippen MR) is 115 cm³/mol. The van der Waals surface area contributed by atoms with Crippen LogP contribution in [0, 0.1) is 0 Å². The number of hydrogen-bond donors (Lipinski definition) is 1. The number of nitrogens with zero attached hydrogens (tertiary/aromatic N) is 1. The van der Waals surface area contributed by atoms with Gasteiger partial charge in [-0.3, -0.25) is 4.90 Å². The van der Waals surface area contributed by atoms with Gasteiger partial charge in [-0.1, -0.05) is 97.1 Å². The van der Waals surface area contributed by atoms with Gasteiger partial charge in [0, 0.05) is 12.6 Å². The first-order chi connectivity index (χ1) is 13.8. The Kier molecular flexibility index (Phi) is 5.43. The van der Waals surface area contributed by atoms with Crippen LogP contribution in [0.3, 0.4) is 0 Å². The van der Waals surface area contributed by atoms with E-state index in [0.29, 0.717) is 0 Å². The molecule has 1 heterocycles. The number of likely N-dealkylation sites (tertiary alicyclic amines) is 1. The molecule has 1 N–H and O–H groups in total. The van der Waals surface area contributed by atoms with Crippen molar-refractivity contribution in [1.29, 1.82) is 0 Å². The van der Waals surface area contributed by atoms with E-state index in [1.54, 1.807) is 6.08 Å². The van der Waals surface area contributed by atoms with E-state index in [9.17, 15) is 5.11 Å². The molecule has 0 saturated carbocycles. The molecule has 0 aliphatic carbocycles. The second-order valence-electron chi connectivity index (χ2n) is 7.44. The molecule has 0 amide bonds. The highest BCUT2D eigenvalue weighted by Crippen LogP contribution is 2.46. The molecule has 1 aliphatic heterocycles. The third kappa shape index (κ3) is 3.09. The first kappa shape index (κ1) is 18.7. The maximum absolute atomic E-state index is 10.8. The molecule has 0 spiro atoms. The zero-order valence-corrected chi connectivity index (χ0v) is 16.1. The average molecular weight is 370 g/mol. The highest BCUT2D eigenvalue weighted by molar-refractivity contribution is 5.50. The molecule has 0 bridgehead atoms. The number of rotatable bonds is 6. The van der Waals surface area contributed by atoms with Gasteiger partial charge in [0.05, 0.1) is 11.6 Å². The molecule has 4 rings (SSSR count). The van der Waals surface area contributed by atoms with Crippen LogP contribution in [-0.2, 0) is 5.54 Å². The van der Waals surface area contributed by atoms with Crippen LogP contribution in [0.5, 0.6) is 0 Å². The van der Waals surface area contributed by atoms with Crippen LogP contribution in [0.1, 0.15) is 29.5 Å². The highest BCUT2D eigenvalue weighted by atomic mass is 16.3. The molecule has 2 nitrogen and oxygen atoms in total. The van der Waals surface area contributed by atoms with E-state index in [4.69, 9.17) is 0 Å². The molecule has 28 heavy (non-hydrogen) atoms. The van der Waals surface area contributed by atoms with Crippen molar-refractivity contribution >= 4 is 0 Å². The third-order valence-corrected chi connectivity index (χ3v) is 5.94. The second kappa shape index (κ2) is 8.14. The number of benzene rings is 3. The Hall–Kier alpha value is -2.68. The minimum atomic E-state index is -0.557. The SMILES string of the molecule is C=CC(O)[C@@H]1CCCN1C(c1ccccc1)(c1ccccc1)c1ccccc1. The Morgan fingerprint density at radius 1 is 0.821 bits per heavy atom. The molecule has 2 atom stereocenters. The van der Waals surface area contributed by atoms with Gasteiger partial charge in [0.1, 0.15) is 0 Å². The lowest BCUT2D eigenvalue weighted by Crippen LogP contribution is -2.53. The quantitative estimate of drug-likeness (QED) is 0.489. The number of hydrogen-bond acceptors (Lipinski definition) is 2. The fourth-order valence-electron chi connectivity index (χ4n) is 4.76. The van der Waals surface area contributed by atoms with Crippen molar-refractivity contribution < 1.29 is 5.11 Å². The molecule has 0 radical (unpaired) electrons. The topological polar surface area (TPSA) is 23.5 Å². The van der Waals surface area contributed by atoms with E-state index in [2.05, 4.69) is 102 Å². The van der Waals surface area contributed by atoms with Crippen molar-refractivity contribution in [3.05, 3.63) is 120 Å². The highest BCUT2D eigenvalue weighted by Gasteiger charge is 2.47. The van der Waals surface area contributed by atoms with Gasteiger partial charge in [0.25, 0.3) is 0 Å². The van der Waals surface area contributed by atoms with Crippen LogP contribution in [-0.4, -0.2) is 28.7 Å². The van der Waals surface area contributed by atoms with Crippen LogP contribution in [0.4, 0.5) is 0 Å². The van der Waals surface area contributed by atoms with Crippen molar-refractivity contribution in [2.45, 2.75) is 30.5 Å². The van der Waals surface area contributed by atoms with E-state index in [1.807, 2.05) is 0 Å². The molecule has 2 heteroatoms. The zero-order chi connectivity index (χ0) is 19.4. The lowest BCUT2D eigenvalue weighted by Gasteiger charge is -2.47. The van der Waals surface area contributed by atoms with Gasteiger partial charge < -0.3 is 5.11 Å². The van der Waals surface area contributed by atoms with Gasteiger partial charge in [0.15, 0.2) is 0 Å². The summed E-state index contributed by atoms with van der Waals surface area (Å²) >= 11 is 0. The molecule has 1 unspecified atom stereocenters. The summed E-state index contributed by atoms with van der Waals surface area (Å²) < 4.78 is 0. The van der Waals surface area contributed by atoms with Crippen molar-refractivity contribution in [3.8, 4) is 0 Å². The summed E-state index contributed by atoms with van der Waals surface area (Å²) in [5.41, 5.74) is 3.19. The molecular weight excluding hydrogens is 342 g/mol. The molecule has 3 aromatic rings. The Morgan fingerprint density at radius 3 is 1.64 bits per heavy atom. The minimum absolute atomic E-state index is 0.0260. The van der Waals surface area contributed by atoms with Crippen LogP contribution >= 0.6 is 0 Å². The van der Waals surface area contributed by atoms with Crippen LogP contribution < -0.4 is 0 Å². The number of aliphatic hydroxyl groups excluding tert-OH is 1. The molecule has 142 valence electrons. The normalized spacial score (nSPS) is 18.7. The van der Waals surface area contributed by atoms with E-state index < -0.39 is 11.6 Å². The largest absolute Gasteiger partial charge is 0.387 e. The smallest absolute Gasteiger partial charge is 0.0976 e. The minimum Gasteiger partial charge on any atom is -0.387 e. The Bertz CT molecular complexity index is 795. The van der Waals surface area contributed by atoms with Crippen molar-refractivity contribution in [2.24, 2.45) is 0 Å². The first-order valence-corrected chi connectivity index (χ1v) is 10.0. The van der Waals surface area contributed by atoms with Crippen molar-refractivity contribution in [3.63, 3.8) is 0 Å². The van der Waals surface area contributed by atoms with Crippen molar-refractivity contribution in [1.82, 2.24) is 4.90 Å². The van der Waals surface area contributed by atoms with Crippen molar-refractivity contribution in [2.75, 3.05) is 6.54 Å². The van der Waals surface area contributed by atoms with Gasteiger partial charge in [-0.15, -0.1) is 6.58 Å². The van der Waals surface area contributed by atoms with E-state index in [1.165, 1.54) is 16.7 Å². The zero-order valence-electron chi connectivity index (χ0n) is 16.1. The summed E-state index contributed by atoms with van der Waals surface area (Å²) in [6, 6.07) is 32.0. The molecule has 0 aromatic heterocycles. The second-order valence-corrected chi connectivity index (χ2v) is 7.44. The molecule has 1 fully saturated rings. The lowest BCUT2D eigenvalue weighted by atomic mass is 9.75. The van der Waals surface area contributed by atoms with Crippen LogP contribution in [0.25, 0.3) is 0 Å². The van der Waals surface area contributed by atoms with Gasteiger partial charge in [-0.05, 0) is 29.5 Å². The van der Waals surface area contributed by atoms with Gasteiger partial charge >= 0.3 is 0 Å². The van der Waals surface area contributed by atoms with Crippen LogP contribution in [0.2, 0.25) is 0 Å². The Morgan fingerprint density at radius 2 is 1.25 bits per heavy atom. The summed E-state index contributed by atoms with van der Waals surface area (Å²) in [5, 5.41) is 10.8. The summed E-state index contributed by atoms with van der Waals surface area (Å²) in [5.74, 6) is 0.